The van der Waals surface area contributed by atoms with Crippen LogP contribution in [0.1, 0.15) is 30.9 Å². The van der Waals surface area contributed by atoms with Crippen LogP contribution in [0.2, 0.25) is 0 Å². The number of carbonyl (C=O) groups excluding carboxylic acids is 2. The van der Waals surface area contributed by atoms with Gasteiger partial charge in [0.2, 0.25) is 5.91 Å². The maximum absolute atomic E-state index is 13.4. The first-order valence-electron chi connectivity index (χ1n) is 12.5. The highest BCUT2D eigenvalue weighted by Crippen LogP contribution is 2.30. The highest BCUT2D eigenvalue weighted by atomic mass is 35.5. The fourth-order valence-electron chi connectivity index (χ4n) is 5.16. The molecule has 2 fully saturated rings. The van der Waals surface area contributed by atoms with Crippen LogP contribution >= 0.6 is 11.6 Å². The Balaban J connectivity index is 1.38. The van der Waals surface area contributed by atoms with Gasteiger partial charge in [-0.25, -0.2) is 5.01 Å². The first-order chi connectivity index (χ1) is 18.7. The van der Waals surface area contributed by atoms with Crippen molar-refractivity contribution in [2.75, 3.05) is 19.6 Å². The SMILES string of the molecule is C/C=C(/C(=O)N1CCC2(CC1)CN(N)C(NC(=O)C1NC(Cl)=C(N=NN)NC1N=NN)N2)c1ccccc1C. The van der Waals surface area contributed by atoms with Crippen molar-refractivity contribution < 1.29 is 9.59 Å². The van der Waals surface area contributed by atoms with Crippen molar-refractivity contribution in [1.29, 1.82) is 0 Å². The van der Waals surface area contributed by atoms with E-state index < -0.39 is 24.4 Å². The van der Waals surface area contributed by atoms with Crippen molar-refractivity contribution in [2.45, 2.75) is 50.7 Å². The van der Waals surface area contributed by atoms with E-state index in [0.717, 1.165) is 11.1 Å². The molecule has 0 saturated carbocycles. The summed E-state index contributed by atoms with van der Waals surface area (Å²) in [5.41, 5.74) is 2.31. The smallest absolute Gasteiger partial charge is 0.254 e. The number of carbonyl (C=O) groups is 2. The quantitative estimate of drug-likeness (QED) is 0.0808. The number of amides is 2. The molecule has 2 amide bonds. The number of rotatable bonds is 6. The Morgan fingerprint density at radius 1 is 1.18 bits per heavy atom. The predicted octanol–water partition coefficient (Wildman–Crippen LogP) is -0.157. The second-order valence-corrected chi connectivity index (χ2v) is 10.0. The van der Waals surface area contributed by atoms with Gasteiger partial charge in [-0.15, -0.1) is 10.2 Å². The van der Waals surface area contributed by atoms with Crippen LogP contribution in [0.3, 0.4) is 0 Å². The summed E-state index contributed by atoms with van der Waals surface area (Å²) in [5, 5.41) is 27.4. The third-order valence-electron chi connectivity index (χ3n) is 7.22. The van der Waals surface area contributed by atoms with Crippen LogP contribution in [-0.2, 0) is 9.59 Å². The highest BCUT2D eigenvalue weighted by Gasteiger charge is 2.46. The number of likely N-dealkylation sites (tertiary alicyclic amines) is 1. The Morgan fingerprint density at radius 3 is 2.54 bits per heavy atom. The molecule has 1 aromatic carbocycles. The van der Waals surface area contributed by atoms with Crippen LogP contribution in [0.4, 0.5) is 0 Å². The Hall–Kier alpha value is -3.79. The number of hydrogen-bond donors (Lipinski definition) is 7. The van der Waals surface area contributed by atoms with E-state index in [9.17, 15) is 9.59 Å². The summed E-state index contributed by atoms with van der Waals surface area (Å²) in [7, 11) is 0. The Labute approximate surface area is 230 Å². The molecule has 0 bridgehead atoms. The zero-order valence-corrected chi connectivity index (χ0v) is 22.5. The normalized spacial score (nSPS) is 25.8. The van der Waals surface area contributed by atoms with E-state index in [1.54, 1.807) is 0 Å². The molecule has 3 aliphatic heterocycles. The minimum Gasteiger partial charge on any atom is -0.358 e. The summed E-state index contributed by atoms with van der Waals surface area (Å²) in [6, 6.07) is 6.88. The summed E-state index contributed by atoms with van der Waals surface area (Å²) in [5.74, 6) is 16.2. The lowest BCUT2D eigenvalue weighted by Crippen LogP contribution is -2.63. The number of hydrogen-bond acceptors (Lipinski definition) is 11. The van der Waals surface area contributed by atoms with Crippen LogP contribution < -0.4 is 38.8 Å². The molecule has 15 nitrogen and oxygen atoms in total. The molecule has 0 aliphatic carbocycles. The van der Waals surface area contributed by atoms with E-state index in [1.807, 2.05) is 49.1 Å². The number of piperidine rings is 1. The zero-order chi connectivity index (χ0) is 28.2. The van der Waals surface area contributed by atoms with Crippen molar-refractivity contribution in [3.05, 3.63) is 52.4 Å². The minimum atomic E-state index is -0.978. The van der Waals surface area contributed by atoms with Gasteiger partial charge in [0.25, 0.3) is 5.91 Å². The summed E-state index contributed by atoms with van der Waals surface area (Å²) in [6.45, 7) is 5.47. The monoisotopic (exact) mass is 559 g/mol. The standard InChI is InChI=1S/C23H34ClN13O2/c1-3-14(15-7-5-4-6-13(15)2)21(39)36-10-8-23(9-11-36)12-37(27)22(31-23)30-20(38)16-18(32-34-25)29-19(33-35-26)17(24)28-16/h3-7,16,18,22,28-29,31H,8-12,27H2,1-2H3,(H2,25,32)(H2,26,33)(H,30,38)/b14-3+. The van der Waals surface area contributed by atoms with E-state index in [1.165, 1.54) is 5.01 Å². The zero-order valence-electron chi connectivity index (χ0n) is 21.8. The van der Waals surface area contributed by atoms with E-state index in [4.69, 9.17) is 29.1 Å². The first-order valence-corrected chi connectivity index (χ1v) is 12.8. The molecule has 16 heteroatoms. The van der Waals surface area contributed by atoms with Gasteiger partial charge in [0.15, 0.2) is 12.0 Å². The molecule has 3 atom stereocenters. The number of hydrazine groups is 1. The molecule has 210 valence electrons. The molecule has 4 rings (SSSR count). The second-order valence-electron chi connectivity index (χ2n) is 9.64. The lowest BCUT2D eigenvalue weighted by atomic mass is 9.87. The summed E-state index contributed by atoms with van der Waals surface area (Å²) in [4.78, 5) is 28.4. The van der Waals surface area contributed by atoms with Crippen molar-refractivity contribution in [1.82, 2.24) is 31.2 Å². The van der Waals surface area contributed by atoms with Crippen LogP contribution in [0.5, 0.6) is 0 Å². The number of nitrogens with two attached hydrogens (primary N) is 3. The number of benzene rings is 1. The predicted molar refractivity (Wildman–Crippen MR) is 144 cm³/mol. The van der Waals surface area contributed by atoms with Crippen LogP contribution in [0, 0.1) is 6.92 Å². The Kier molecular flexibility index (Phi) is 8.64. The Bertz CT molecular complexity index is 1210. The maximum Gasteiger partial charge on any atom is 0.254 e. The fourth-order valence-corrected chi connectivity index (χ4v) is 5.37. The lowest BCUT2D eigenvalue weighted by Gasteiger charge is -2.39. The molecule has 1 spiro atoms. The van der Waals surface area contributed by atoms with Gasteiger partial charge in [0.05, 0.1) is 0 Å². The molecule has 2 saturated heterocycles. The maximum atomic E-state index is 13.4. The van der Waals surface area contributed by atoms with Gasteiger partial charge < -0.3 is 32.5 Å². The van der Waals surface area contributed by atoms with Gasteiger partial charge in [-0.05, 0) is 37.8 Å². The summed E-state index contributed by atoms with van der Waals surface area (Å²) in [6.07, 6.45) is 1.61. The molecule has 0 aromatic heterocycles. The molecule has 3 aliphatic rings. The number of aryl methyl sites for hydroxylation is 1. The van der Waals surface area contributed by atoms with Crippen LogP contribution in [0.25, 0.3) is 5.57 Å². The van der Waals surface area contributed by atoms with Crippen LogP contribution in [-0.4, -0.2) is 65.4 Å². The molecule has 3 unspecified atom stereocenters. The van der Waals surface area contributed by atoms with Gasteiger partial charge in [-0.3, -0.25) is 20.7 Å². The largest absolute Gasteiger partial charge is 0.358 e. The average Bonchev–Trinajstić information content (AvgIpc) is 3.21. The van der Waals surface area contributed by atoms with E-state index in [2.05, 4.69) is 41.9 Å². The minimum absolute atomic E-state index is 0.00330. The Morgan fingerprint density at radius 2 is 1.90 bits per heavy atom. The first kappa shape index (κ1) is 28.2. The molecule has 10 N–H and O–H groups in total. The van der Waals surface area contributed by atoms with Crippen molar-refractivity contribution in [3.8, 4) is 0 Å². The average molecular weight is 560 g/mol. The number of halogens is 1. The van der Waals surface area contributed by atoms with Gasteiger partial charge in [-0.1, -0.05) is 52.4 Å². The molecule has 3 heterocycles. The molecule has 1 aromatic rings. The van der Waals surface area contributed by atoms with Crippen molar-refractivity contribution in [3.63, 3.8) is 0 Å². The summed E-state index contributed by atoms with van der Waals surface area (Å²) < 4.78 is 0. The summed E-state index contributed by atoms with van der Waals surface area (Å²) >= 11 is 6.17. The van der Waals surface area contributed by atoms with E-state index in [-0.39, 0.29) is 22.4 Å². The lowest BCUT2D eigenvalue weighted by molar-refractivity contribution is -0.126. The third-order valence-corrected chi connectivity index (χ3v) is 7.51. The van der Waals surface area contributed by atoms with Crippen molar-refractivity contribution in [2.24, 2.45) is 38.2 Å². The van der Waals surface area contributed by atoms with Crippen LogP contribution in [0.15, 0.2) is 62.0 Å². The van der Waals surface area contributed by atoms with E-state index >= 15 is 0 Å². The molecule has 39 heavy (non-hydrogen) atoms. The second kappa shape index (κ2) is 11.9. The molecular weight excluding hydrogens is 526 g/mol. The number of nitrogens with one attached hydrogen (secondary N) is 4. The van der Waals surface area contributed by atoms with E-state index in [0.29, 0.717) is 38.0 Å². The van der Waals surface area contributed by atoms with Gasteiger partial charge >= 0.3 is 0 Å². The van der Waals surface area contributed by atoms with Gasteiger partial charge in [0.1, 0.15) is 17.5 Å². The fraction of sp³-hybridized carbons (Fsp3) is 0.478. The number of allylic oxidation sites excluding steroid dienone is 1. The van der Waals surface area contributed by atoms with Gasteiger partial charge in [0, 0.05) is 30.7 Å². The number of nitrogens with zero attached hydrogens (tertiary/aromatic N) is 6. The topological polar surface area (TPSA) is 216 Å². The van der Waals surface area contributed by atoms with Gasteiger partial charge in [-0.2, -0.15) is 0 Å². The van der Waals surface area contributed by atoms with Crippen molar-refractivity contribution >= 4 is 29.0 Å². The molecule has 0 radical (unpaired) electrons. The molecular formula is C23H34ClN13O2. The third kappa shape index (κ3) is 5.95. The highest BCUT2D eigenvalue weighted by molar-refractivity contribution is 6.29.